The van der Waals surface area contributed by atoms with E-state index in [1.165, 1.54) is 16.0 Å². The van der Waals surface area contributed by atoms with E-state index in [0.29, 0.717) is 6.42 Å². The first-order chi connectivity index (χ1) is 14.3. The first kappa shape index (κ1) is 20.5. The molecule has 5 heteroatoms. The zero-order valence-corrected chi connectivity index (χ0v) is 17.8. The number of nitrogens with zero attached hydrogens (tertiary/aromatic N) is 1. The molecule has 1 saturated heterocycles. The lowest BCUT2D eigenvalue weighted by molar-refractivity contribution is -0.146. The minimum atomic E-state index is -0.961. The van der Waals surface area contributed by atoms with Crippen molar-refractivity contribution < 1.29 is 19.4 Å². The van der Waals surface area contributed by atoms with Gasteiger partial charge in [0, 0.05) is 12.0 Å². The molecule has 0 saturated carbocycles. The summed E-state index contributed by atoms with van der Waals surface area (Å²) >= 11 is 0. The van der Waals surface area contributed by atoms with Gasteiger partial charge in [-0.05, 0) is 46.9 Å². The van der Waals surface area contributed by atoms with E-state index < -0.39 is 18.1 Å². The third kappa shape index (κ3) is 3.57. The summed E-state index contributed by atoms with van der Waals surface area (Å²) in [6.07, 6.45) is 1.53. The zero-order chi connectivity index (χ0) is 21.5. The minimum absolute atomic E-state index is 0.0393. The van der Waals surface area contributed by atoms with E-state index in [1.807, 2.05) is 45.0 Å². The van der Waals surface area contributed by atoms with Gasteiger partial charge in [-0.2, -0.15) is 0 Å². The molecule has 1 heterocycles. The summed E-state index contributed by atoms with van der Waals surface area (Å²) in [4.78, 5) is 26.6. The quantitative estimate of drug-likeness (QED) is 0.751. The van der Waals surface area contributed by atoms with E-state index in [-0.39, 0.29) is 24.0 Å². The van der Waals surface area contributed by atoms with Crippen LogP contribution in [-0.2, 0) is 9.53 Å². The monoisotopic (exact) mass is 407 g/mol. The standard InChI is InChI=1S/C25H29NO4/c1-25(2,3)22-14-8-13-21(23(27)28)26(22)24(29)30-15-20-18-11-6-4-9-16(18)17-10-5-7-12-19(17)20/h4-7,9-12,20-22H,8,13-15H2,1-3H3,(H,27,28). The van der Waals surface area contributed by atoms with Gasteiger partial charge in [-0.15, -0.1) is 0 Å². The molecular formula is C25H29NO4. The van der Waals surface area contributed by atoms with Gasteiger partial charge in [0.15, 0.2) is 0 Å². The summed E-state index contributed by atoms with van der Waals surface area (Å²) < 4.78 is 5.81. The Morgan fingerprint density at radius 1 is 1.00 bits per heavy atom. The van der Waals surface area contributed by atoms with Gasteiger partial charge in [-0.25, -0.2) is 9.59 Å². The summed E-state index contributed by atoms with van der Waals surface area (Å²) in [7, 11) is 0. The second-order valence-electron chi connectivity index (χ2n) is 9.38. The third-order valence-electron chi connectivity index (χ3n) is 6.46. The average Bonchev–Trinajstić information content (AvgIpc) is 3.04. The Kier molecular flexibility index (Phi) is 5.31. The molecule has 1 N–H and O–H groups in total. The molecule has 0 bridgehead atoms. The van der Waals surface area contributed by atoms with Gasteiger partial charge >= 0.3 is 12.1 Å². The molecule has 1 fully saturated rings. The average molecular weight is 408 g/mol. The molecule has 1 aliphatic carbocycles. The van der Waals surface area contributed by atoms with Gasteiger partial charge in [0.2, 0.25) is 0 Å². The van der Waals surface area contributed by atoms with Crippen molar-refractivity contribution >= 4 is 12.1 Å². The van der Waals surface area contributed by atoms with Crippen LogP contribution in [-0.4, -0.2) is 40.8 Å². The maximum Gasteiger partial charge on any atom is 0.410 e. The highest BCUT2D eigenvalue weighted by Crippen LogP contribution is 2.44. The Balaban J connectivity index is 1.58. The fourth-order valence-corrected chi connectivity index (χ4v) is 5.02. The van der Waals surface area contributed by atoms with Crippen LogP contribution in [0.3, 0.4) is 0 Å². The molecule has 4 rings (SSSR count). The van der Waals surface area contributed by atoms with Gasteiger partial charge in [0.05, 0.1) is 0 Å². The van der Waals surface area contributed by atoms with Gasteiger partial charge in [0.25, 0.3) is 0 Å². The SMILES string of the molecule is CC(C)(C)C1CCCC(C(=O)O)N1C(=O)OCC1c2ccccc2-c2ccccc21. The van der Waals surface area contributed by atoms with Crippen LogP contribution in [0.4, 0.5) is 4.79 Å². The first-order valence-corrected chi connectivity index (χ1v) is 10.6. The number of likely N-dealkylation sites (tertiary alicyclic amines) is 1. The number of hydrogen-bond acceptors (Lipinski definition) is 3. The predicted molar refractivity (Wildman–Crippen MR) is 115 cm³/mol. The zero-order valence-electron chi connectivity index (χ0n) is 17.8. The van der Waals surface area contributed by atoms with Gasteiger partial charge in [-0.1, -0.05) is 69.3 Å². The van der Waals surface area contributed by atoms with E-state index in [9.17, 15) is 14.7 Å². The second-order valence-corrected chi connectivity index (χ2v) is 9.38. The van der Waals surface area contributed by atoms with Crippen LogP contribution in [0.2, 0.25) is 0 Å². The molecule has 2 atom stereocenters. The molecule has 2 aromatic carbocycles. The highest BCUT2D eigenvalue weighted by atomic mass is 16.6. The summed E-state index contributed by atoms with van der Waals surface area (Å²) in [6, 6.07) is 15.4. The van der Waals surface area contributed by atoms with Crippen LogP contribution < -0.4 is 0 Å². The van der Waals surface area contributed by atoms with Crippen LogP contribution >= 0.6 is 0 Å². The van der Waals surface area contributed by atoms with Crippen molar-refractivity contribution in [3.63, 3.8) is 0 Å². The van der Waals surface area contributed by atoms with Crippen LogP contribution in [0.5, 0.6) is 0 Å². The number of piperidine rings is 1. The molecule has 2 aliphatic rings. The van der Waals surface area contributed by atoms with Gasteiger partial charge < -0.3 is 9.84 Å². The Bertz CT molecular complexity index is 916. The minimum Gasteiger partial charge on any atom is -0.480 e. The number of fused-ring (bicyclic) bond motifs is 3. The van der Waals surface area contributed by atoms with Crippen LogP contribution in [0, 0.1) is 5.41 Å². The van der Waals surface area contributed by atoms with Crippen LogP contribution in [0.1, 0.15) is 57.1 Å². The van der Waals surface area contributed by atoms with Crippen LogP contribution in [0.25, 0.3) is 11.1 Å². The maximum absolute atomic E-state index is 13.2. The fourth-order valence-electron chi connectivity index (χ4n) is 5.02. The lowest BCUT2D eigenvalue weighted by atomic mass is 9.79. The van der Waals surface area contributed by atoms with Gasteiger partial charge in [-0.3, -0.25) is 4.90 Å². The number of carbonyl (C=O) groups excluding carboxylic acids is 1. The summed E-state index contributed by atoms with van der Waals surface area (Å²) in [5, 5.41) is 9.73. The van der Waals surface area contributed by atoms with Crippen molar-refractivity contribution in [1.29, 1.82) is 0 Å². The number of carboxylic acids is 1. The largest absolute Gasteiger partial charge is 0.480 e. The Hall–Kier alpha value is -2.82. The molecule has 1 aliphatic heterocycles. The Morgan fingerprint density at radius 2 is 1.57 bits per heavy atom. The van der Waals surface area contributed by atoms with Crippen molar-refractivity contribution in [3.05, 3.63) is 59.7 Å². The Labute approximate surface area is 177 Å². The van der Waals surface area contributed by atoms with Crippen molar-refractivity contribution in [2.75, 3.05) is 6.61 Å². The topological polar surface area (TPSA) is 66.8 Å². The molecule has 30 heavy (non-hydrogen) atoms. The van der Waals surface area contributed by atoms with E-state index in [4.69, 9.17) is 4.74 Å². The second kappa shape index (κ2) is 7.78. The molecule has 2 unspecified atom stereocenters. The maximum atomic E-state index is 13.2. The number of aliphatic carboxylic acids is 1. The van der Waals surface area contributed by atoms with Crippen LogP contribution in [0.15, 0.2) is 48.5 Å². The van der Waals surface area contributed by atoms with Crippen molar-refractivity contribution in [3.8, 4) is 11.1 Å². The lowest BCUT2D eigenvalue weighted by Crippen LogP contribution is -2.57. The normalized spacial score (nSPS) is 21.1. The number of hydrogen-bond donors (Lipinski definition) is 1. The summed E-state index contributed by atoms with van der Waals surface area (Å²) in [5.41, 5.74) is 4.41. The lowest BCUT2D eigenvalue weighted by Gasteiger charge is -2.45. The summed E-state index contributed by atoms with van der Waals surface area (Å²) in [6.45, 7) is 6.34. The smallest absolute Gasteiger partial charge is 0.410 e. The molecule has 0 aromatic heterocycles. The highest BCUT2D eigenvalue weighted by molar-refractivity contribution is 5.81. The highest BCUT2D eigenvalue weighted by Gasteiger charge is 2.44. The molecule has 1 amide bonds. The number of carbonyl (C=O) groups is 2. The molecular weight excluding hydrogens is 378 g/mol. The van der Waals surface area contributed by atoms with E-state index in [0.717, 1.165) is 24.0 Å². The van der Waals surface area contributed by atoms with Crippen molar-refractivity contribution in [2.45, 2.75) is 58.0 Å². The molecule has 0 spiro atoms. The van der Waals surface area contributed by atoms with Crippen molar-refractivity contribution in [2.24, 2.45) is 5.41 Å². The first-order valence-electron chi connectivity index (χ1n) is 10.6. The number of carboxylic acid groups (broad SMARTS) is 1. The molecule has 158 valence electrons. The number of rotatable bonds is 3. The van der Waals surface area contributed by atoms with E-state index in [1.54, 1.807) is 0 Å². The third-order valence-corrected chi connectivity index (χ3v) is 6.46. The molecule has 0 radical (unpaired) electrons. The molecule has 5 nitrogen and oxygen atoms in total. The molecule has 2 aromatic rings. The Morgan fingerprint density at radius 3 is 2.10 bits per heavy atom. The van der Waals surface area contributed by atoms with E-state index in [2.05, 4.69) is 24.3 Å². The van der Waals surface area contributed by atoms with E-state index >= 15 is 0 Å². The van der Waals surface area contributed by atoms with Gasteiger partial charge in [0.1, 0.15) is 12.6 Å². The number of benzene rings is 2. The number of ether oxygens (including phenoxy) is 1. The van der Waals surface area contributed by atoms with Crippen molar-refractivity contribution in [1.82, 2.24) is 4.90 Å². The fraction of sp³-hybridized carbons (Fsp3) is 0.440. The predicted octanol–water partition coefficient (Wildman–Crippen LogP) is 5.29. The summed E-state index contributed by atoms with van der Waals surface area (Å²) in [5.74, 6) is -1.00. The number of amides is 1.